The van der Waals surface area contributed by atoms with E-state index < -0.39 is 6.04 Å². The van der Waals surface area contributed by atoms with Gasteiger partial charge in [-0.25, -0.2) is 0 Å². The first-order valence-electron chi connectivity index (χ1n) is 5.61. The first-order chi connectivity index (χ1) is 7.61. The Balaban J connectivity index is 3.94. The first kappa shape index (κ1) is 15.3. The Labute approximate surface area is 97.4 Å². The molecule has 5 nitrogen and oxygen atoms in total. The molecule has 0 fully saturated rings. The van der Waals surface area contributed by atoms with Crippen molar-refractivity contribution in [2.24, 2.45) is 0 Å². The summed E-state index contributed by atoms with van der Waals surface area (Å²) >= 11 is 0. The molecule has 0 aliphatic heterocycles. The largest absolute Gasteiger partial charge is 0.465 e. The van der Waals surface area contributed by atoms with E-state index in [0.29, 0.717) is 26.4 Å². The molecule has 0 radical (unpaired) electrons. The van der Waals surface area contributed by atoms with Gasteiger partial charge in [0.15, 0.2) is 0 Å². The Kier molecular flexibility index (Phi) is 9.18. The summed E-state index contributed by atoms with van der Waals surface area (Å²) in [6, 6.07) is -0.197. The average Bonchev–Trinajstić information content (AvgIpc) is 2.22. The summed E-state index contributed by atoms with van der Waals surface area (Å²) in [5.74, 6) is -0.270. The molecule has 0 aliphatic carbocycles. The zero-order valence-corrected chi connectivity index (χ0v) is 10.6. The van der Waals surface area contributed by atoms with Crippen LogP contribution in [0, 0.1) is 0 Å². The Hall–Kier alpha value is -0.650. The van der Waals surface area contributed by atoms with Crippen molar-refractivity contribution in [3.8, 4) is 0 Å². The van der Waals surface area contributed by atoms with Crippen LogP contribution in [0.4, 0.5) is 0 Å². The van der Waals surface area contributed by atoms with Gasteiger partial charge in [0.2, 0.25) is 0 Å². The lowest BCUT2D eigenvalue weighted by Gasteiger charge is -2.19. The molecule has 0 bridgehead atoms. The molecule has 0 aromatic heterocycles. The van der Waals surface area contributed by atoms with Crippen molar-refractivity contribution < 1.29 is 19.0 Å². The van der Waals surface area contributed by atoms with Crippen molar-refractivity contribution in [1.29, 1.82) is 0 Å². The van der Waals surface area contributed by atoms with Crippen molar-refractivity contribution in [3.05, 3.63) is 0 Å². The Morgan fingerprint density at radius 3 is 2.50 bits per heavy atom. The zero-order chi connectivity index (χ0) is 12.4. The van der Waals surface area contributed by atoms with Crippen molar-refractivity contribution >= 4 is 5.97 Å². The molecule has 0 aliphatic rings. The molecule has 16 heavy (non-hydrogen) atoms. The standard InChI is InChI=1S/C11H23NO4/c1-5-16-11(13)10(12-9(2)3)8-15-7-6-14-4/h9-10,12H,5-8H2,1-4H3. The summed E-state index contributed by atoms with van der Waals surface area (Å²) in [5, 5.41) is 3.10. The molecular formula is C11H23NO4. The lowest BCUT2D eigenvalue weighted by atomic mass is 10.2. The number of carbonyl (C=O) groups is 1. The summed E-state index contributed by atoms with van der Waals surface area (Å²) in [6.07, 6.45) is 0. The van der Waals surface area contributed by atoms with E-state index >= 15 is 0 Å². The van der Waals surface area contributed by atoms with E-state index in [2.05, 4.69) is 5.32 Å². The number of rotatable bonds is 9. The predicted octanol–water partition coefficient (Wildman–Crippen LogP) is 0.579. The van der Waals surface area contributed by atoms with E-state index in [1.54, 1.807) is 14.0 Å². The van der Waals surface area contributed by atoms with Crippen LogP contribution in [0.2, 0.25) is 0 Å². The zero-order valence-electron chi connectivity index (χ0n) is 10.6. The third-order valence-electron chi connectivity index (χ3n) is 1.82. The van der Waals surface area contributed by atoms with Gasteiger partial charge in [0, 0.05) is 13.2 Å². The minimum atomic E-state index is -0.406. The molecular weight excluding hydrogens is 210 g/mol. The highest BCUT2D eigenvalue weighted by Gasteiger charge is 2.20. The minimum absolute atomic E-state index is 0.209. The summed E-state index contributed by atoms with van der Waals surface area (Å²) in [6.45, 7) is 7.43. The van der Waals surface area contributed by atoms with Crippen LogP contribution in [0.1, 0.15) is 20.8 Å². The number of hydrogen-bond donors (Lipinski definition) is 1. The van der Waals surface area contributed by atoms with Crippen molar-refractivity contribution in [2.75, 3.05) is 33.5 Å². The normalized spacial score (nSPS) is 12.8. The topological polar surface area (TPSA) is 56.8 Å². The Bertz CT molecular complexity index is 185. The van der Waals surface area contributed by atoms with Crippen molar-refractivity contribution in [3.63, 3.8) is 0 Å². The van der Waals surface area contributed by atoms with E-state index in [0.717, 1.165) is 0 Å². The molecule has 0 heterocycles. The second-order valence-corrected chi connectivity index (χ2v) is 3.69. The number of methoxy groups -OCH3 is 1. The van der Waals surface area contributed by atoms with Gasteiger partial charge in [-0.1, -0.05) is 13.8 Å². The number of carbonyl (C=O) groups excluding carboxylic acids is 1. The molecule has 1 N–H and O–H groups in total. The van der Waals surface area contributed by atoms with Gasteiger partial charge in [0.25, 0.3) is 0 Å². The highest BCUT2D eigenvalue weighted by atomic mass is 16.5. The fraction of sp³-hybridized carbons (Fsp3) is 0.909. The van der Waals surface area contributed by atoms with Crippen molar-refractivity contribution in [1.82, 2.24) is 5.32 Å². The van der Waals surface area contributed by atoms with Crippen LogP contribution in [0.5, 0.6) is 0 Å². The molecule has 1 unspecified atom stereocenters. The molecule has 0 amide bonds. The van der Waals surface area contributed by atoms with Crippen LogP contribution in [-0.2, 0) is 19.0 Å². The van der Waals surface area contributed by atoms with Crippen LogP contribution in [0.25, 0.3) is 0 Å². The van der Waals surface area contributed by atoms with Crippen LogP contribution in [-0.4, -0.2) is 51.6 Å². The van der Waals surface area contributed by atoms with Gasteiger partial charge in [0.05, 0.1) is 26.4 Å². The van der Waals surface area contributed by atoms with Crippen LogP contribution >= 0.6 is 0 Å². The molecule has 1 atom stereocenters. The maximum absolute atomic E-state index is 11.5. The Morgan fingerprint density at radius 2 is 2.00 bits per heavy atom. The van der Waals surface area contributed by atoms with E-state index in [9.17, 15) is 4.79 Å². The molecule has 0 spiro atoms. The summed E-state index contributed by atoms with van der Waals surface area (Å²) in [7, 11) is 1.61. The van der Waals surface area contributed by atoms with E-state index in [1.807, 2.05) is 13.8 Å². The van der Waals surface area contributed by atoms with Crippen molar-refractivity contribution in [2.45, 2.75) is 32.9 Å². The minimum Gasteiger partial charge on any atom is -0.465 e. The molecule has 0 saturated carbocycles. The fourth-order valence-electron chi connectivity index (χ4n) is 1.17. The highest BCUT2D eigenvalue weighted by Crippen LogP contribution is 1.94. The van der Waals surface area contributed by atoms with Crippen LogP contribution in [0.3, 0.4) is 0 Å². The SMILES string of the molecule is CCOC(=O)C(COCCOC)NC(C)C. The van der Waals surface area contributed by atoms with Gasteiger partial charge in [-0.05, 0) is 6.92 Å². The van der Waals surface area contributed by atoms with Gasteiger partial charge in [-0.2, -0.15) is 0 Å². The van der Waals surface area contributed by atoms with E-state index in [-0.39, 0.29) is 12.0 Å². The molecule has 5 heteroatoms. The molecule has 0 rings (SSSR count). The van der Waals surface area contributed by atoms with E-state index in [4.69, 9.17) is 14.2 Å². The fourth-order valence-corrected chi connectivity index (χ4v) is 1.17. The number of ether oxygens (including phenoxy) is 3. The predicted molar refractivity (Wildman–Crippen MR) is 61.4 cm³/mol. The average molecular weight is 233 g/mol. The second kappa shape index (κ2) is 9.57. The molecule has 0 aromatic carbocycles. The molecule has 0 aromatic rings. The smallest absolute Gasteiger partial charge is 0.325 e. The number of hydrogen-bond acceptors (Lipinski definition) is 5. The maximum atomic E-state index is 11.5. The molecule has 0 saturated heterocycles. The third kappa shape index (κ3) is 7.62. The second-order valence-electron chi connectivity index (χ2n) is 3.69. The summed E-state index contributed by atoms with van der Waals surface area (Å²) in [4.78, 5) is 11.5. The molecule has 96 valence electrons. The lowest BCUT2D eigenvalue weighted by molar-refractivity contribution is -0.147. The van der Waals surface area contributed by atoms with Crippen LogP contribution in [0.15, 0.2) is 0 Å². The monoisotopic (exact) mass is 233 g/mol. The summed E-state index contributed by atoms with van der Waals surface area (Å²) < 4.78 is 15.1. The van der Waals surface area contributed by atoms with Gasteiger partial charge in [-0.3, -0.25) is 4.79 Å². The van der Waals surface area contributed by atoms with E-state index in [1.165, 1.54) is 0 Å². The Morgan fingerprint density at radius 1 is 1.31 bits per heavy atom. The lowest BCUT2D eigenvalue weighted by Crippen LogP contribution is -2.45. The van der Waals surface area contributed by atoms with Gasteiger partial charge < -0.3 is 19.5 Å². The third-order valence-corrected chi connectivity index (χ3v) is 1.82. The maximum Gasteiger partial charge on any atom is 0.325 e. The van der Waals surface area contributed by atoms with Crippen LogP contribution < -0.4 is 5.32 Å². The number of esters is 1. The summed E-state index contributed by atoms with van der Waals surface area (Å²) in [5.41, 5.74) is 0. The highest BCUT2D eigenvalue weighted by molar-refractivity contribution is 5.75. The van der Waals surface area contributed by atoms with Gasteiger partial charge in [-0.15, -0.1) is 0 Å². The first-order valence-corrected chi connectivity index (χ1v) is 5.61. The quantitative estimate of drug-likeness (QED) is 0.466. The van der Waals surface area contributed by atoms with Gasteiger partial charge >= 0.3 is 5.97 Å². The van der Waals surface area contributed by atoms with Gasteiger partial charge in [0.1, 0.15) is 6.04 Å². The number of nitrogens with one attached hydrogen (secondary N) is 1.